The molecule has 0 aromatic heterocycles. The number of rotatable bonds is 2. The summed E-state index contributed by atoms with van der Waals surface area (Å²) in [6.45, 7) is -1.06. The van der Waals surface area contributed by atoms with Gasteiger partial charge >= 0.3 is 7.32 Å². The van der Waals surface area contributed by atoms with E-state index < -0.39 is 32.4 Å². The smallest absolute Gasteiger partial charge is 0.394 e. The molecule has 3 aliphatic heterocycles. The lowest BCUT2D eigenvalue weighted by Crippen LogP contribution is -2.76. The van der Waals surface area contributed by atoms with E-state index in [2.05, 4.69) is 0 Å². The molecule has 8 heteroatoms. The van der Waals surface area contributed by atoms with Crippen LogP contribution in [-0.4, -0.2) is 52.9 Å². The van der Waals surface area contributed by atoms with Crippen molar-refractivity contribution < 1.29 is 29.5 Å². The van der Waals surface area contributed by atoms with Gasteiger partial charge < -0.3 is 20.0 Å². The number of hydrogen-bond donors (Lipinski definition) is 3. The van der Waals surface area contributed by atoms with Gasteiger partial charge in [0.1, 0.15) is 0 Å². The van der Waals surface area contributed by atoms with Crippen LogP contribution >= 0.6 is 0 Å². The van der Waals surface area contributed by atoms with E-state index in [0.717, 1.165) is 5.23 Å². The minimum Gasteiger partial charge on any atom is -0.394 e. The van der Waals surface area contributed by atoms with Crippen molar-refractivity contribution in [2.24, 2.45) is 0 Å². The predicted octanol–water partition coefficient (Wildman–Crippen LogP) is -2.78. The molecule has 0 amide bonds. The zero-order valence-corrected chi connectivity index (χ0v) is 6.08. The van der Waals surface area contributed by atoms with Crippen molar-refractivity contribution >= 4 is 7.32 Å². The average Bonchev–Trinajstić information content (AvgIpc) is 2.03. The SMILES string of the molecule is OCC1(CO)C(O)OB2ON1O2. The van der Waals surface area contributed by atoms with Crippen molar-refractivity contribution in [1.82, 2.24) is 5.23 Å². The maximum absolute atomic E-state index is 9.28. The van der Waals surface area contributed by atoms with Crippen LogP contribution in [0.2, 0.25) is 0 Å². The summed E-state index contributed by atoms with van der Waals surface area (Å²) in [5.41, 5.74) is -1.42. The van der Waals surface area contributed by atoms with Gasteiger partial charge in [0.15, 0.2) is 11.8 Å². The summed E-state index contributed by atoms with van der Waals surface area (Å²) in [6, 6.07) is 0. The molecule has 3 aliphatic rings. The average molecular weight is 177 g/mol. The van der Waals surface area contributed by atoms with Gasteiger partial charge in [0.25, 0.3) is 0 Å². The largest absolute Gasteiger partial charge is 0.680 e. The summed E-state index contributed by atoms with van der Waals surface area (Å²) in [6.07, 6.45) is -1.32. The monoisotopic (exact) mass is 177 g/mol. The topological polar surface area (TPSA) is 91.6 Å². The number of nitrogens with zero attached hydrogens (tertiary/aromatic N) is 1. The first-order chi connectivity index (χ1) is 5.73. The Bertz CT molecular complexity index is 176. The van der Waals surface area contributed by atoms with Gasteiger partial charge in [-0.1, -0.05) is 5.23 Å². The lowest BCUT2D eigenvalue weighted by Gasteiger charge is -2.52. The molecular weight excluding hydrogens is 169 g/mol. The molecular formula is C4H8BNO6. The molecule has 0 aromatic carbocycles. The third kappa shape index (κ3) is 0.851. The molecule has 7 nitrogen and oxygen atoms in total. The molecule has 3 heterocycles. The van der Waals surface area contributed by atoms with Crippen LogP contribution in [0.1, 0.15) is 0 Å². The number of aliphatic hydroxyl groups excluding tert-OH is 3. The van der Waals surface area contributed by atoms with Crippen molar-refractivity contribution in [2.75, 3.05) is 13.2 Å². The molecule has 0 aliphatic carbocycles. The Morgan fingerprint density at radius 3 is 2.25 bits per heavy atom. The highest BCUT2D eigenvalue weighted by molar-refractivity contribution is 6.38. The van der Waals surface area contributed by atoms with E-state index in [0.29, 0.717) is 0 Å². The lowest BCUT2D eigenvalue weighted by atomic mass is 9.97. The molecule has 2 bridgehead atoms. The van der Waals surface area contributed by atoms with Crippen molar-refractivity contribution in [3.8, 4) is 0 Å². The maximum Gasteiger partial charge on any atom is 0.680 e. The zero-order chi connectivity index (χ0) is 8.77. The molecule has 68 valence electrons. The van der Waals surface area contributed by atoms with Crippen molar-refractivity contribution in [2.45, 2.75) is 11.8 Å². The first kappa shape index (κ1) is 8.39. The summed E-state index contributed by atoms with van der Waals surface area (Å²) >= 11 is 0. The number of aliphatic hydroxyl groups is 3. The minimum atomic E-state index is -1.42. The molecule has 3 fully saturated rings. The minimum absolute atomic E-state index is 0.530. The number of hydrogen-bond acceptors (Lipinski definition) is 7. The Labute approximate surface area is 68.1 Å². The standard InChI is InChI=1S/C4H8BNO6/c7-1-4(2-8)3(9)10-5-11-6(4)12-5/h3,7-9H,1-2H2. The third-order valence-corrected chi connectivity index (χ3v) is 1.97. The van der Waals surface area contributed by atoms with E-state index in [1.54, 1.807) is 0 Å². The van der Waals surface area contributed by atoms with Gasteiger partial charge in [-0.3, -0.25) is 9.51 Å². The van der Waals surface area contributed by atoms with Crippen LogP contribution in [0, 0.1) is 0 Å². The highest BCUT2D eigenvalue weighted by Crippen LogP contribution is 2.34. The Morgan fingerprint density at radius 2 is 1.92 bits per heavy atom. The molecule has 1 unspecified atom stereocenters. The third-order valence-electron chi connectivity index (χ3n) is 1.97. The summed E-state index contributed by atoms with van der Waals surface area (Å²) in [5.74, 6) is 0. The Kier molecular flexibility index (Phi) is 1.84. The van der Waals surface area contributed by atoms with Crippen molar-refractivity contribution in [3.63, 3.8) is 0 Å². The number of hydroxylamine groups is 2. The van der Waals surface area contributed by atoms with E-state index in [9.17, 15) is 5.11 Å². The van der Waals surface area contributed by atoms with Crippen LogP contribution in [0.3, 0.4) is 0 Å². The first-order valence-corrected chi connectivity index (χ1v) is 3.42. The van der Waals surface area contributed by atoms with E-state index in [1.165, 1.54) is 0 Å². The summed E-state index contributed by atoms with van der Waals surface area (Å²) in [4.78, 5) is 0. The van der Waals surface area contributed by atoms with E-state index in [1.807, 2.05) is 0 Å². The predicted molar refractivity (Wildman–Crippen MR) is 33.8 cm³/mol. The molecule has 12 heavy (non-hydrogen) atoms. The molecule has 3 N–H and O–H groups in total. The summed E-state index contributed by atoms with van der Waals surface area (Å²) in [5, 5.41) is 27.9. The van der Waals surface area contributed by atoms with Gasteiger partial charge in [0.05, 0.1) is 13.2 Å². The Hall–Kier alpha value is -0.215. The first-order valence-electron chi connectivity index (χ1n) is 3.42. The highest BCUT2D eigenvalue weighted by Gasteiger charge is 2.62. The second kappa shape index (κ2) is 2.64. The molecule has 0 radical (unpaired) electrons. The highest BCUT2D eigenvalue weighted by atomic mass is 17.1. The fraction of sp³-hybridized carbons (Fsp3) is 1.00. The van der Waals surface area contributed by atoms with Gasteiger partial charge in [-0.15, -0.1) is 0 Å². The van der Waals surface area contributed by atoms with E-state index in [-0.39, 0.29) is 0 Å². The van der Waals surface area contributed by atoms with Crippen molar-refractivity contribution in [1.29, 1.82) is 0 Å². The van der Waals surface area contributed by atoms with Gasteiger partial charge in [0, 0.05) is 0 Å². The van der Waals surface area contributed by atoms with Crippen LogP contribution < -0.4 is 0 Å². The van der Waals surface area contributed by atoms with Crippen LogP contribution in [0.4, 0.5) is 0 Å². The fourth-order valence-electron chi connectivity index (χ4n) is 1.07. The normalized spacial score (nSPS) is 33.2. The van der Waals surface area contributed by atoms with Gasteiger partial charge in [-0.25, -0.2) is 0 Å². The Morgan fingerprint density at radius 1 is 1.33 bits per heavy atom. The van der Waals surface area contributed by atoms with Crippen LogP contribution in [0.5, 0.6) is 0 Å². The molecule has 3 rings (SSSR count). The van der Waals surface area contributed by atoms with E-state index >= 15 is 0 Å². The second-order valence-corrected chi connectivity index (χ2v) is 2.66. The molecule has 1 atom stereocenters. The fourth-order valence-corrected chi connectivity index (χ4v) is 1.07. The zero-order valence-electron chi connectivity index (χ0n) is 6.08. The van der Waals surface area contributed by atoms with Gasteiger partial charge in [0.2, 0.25) is 0 Å². The van der Waals surface area contributed by atoms with Crippen LogP contribution in [-0.2, 0) is 14.2 Å². The van der Waals surface area contributed by atoms with Crippen molar-refractivity contribution in [3.05, 3.63) is 0 Å². The Balaban J connectivity index is 2.18. The van der Waals surface area contributed by atoms with Gasteiger partial charge in [-0.2, -0.15) is 0 Å². The molecule has 0 saturated carbocycles. The van der Waals surface area contributed by atoms with Gasteiger partial charge in [-0.05, 0) is 0 Å². The van der Waals surface area contributed by atoms with Crippen LogP contribution in [0.15, 0.2) is 0 Å². The molecule has 3 saturated heterocycles. The van der Waals surface area contributed by atoms with Crippen LogP contribution in [0.25, 0.3) is 0 Å². The van der Waals surface area contributed by atoms with E-state index in [4.69, 9.17) is 24.4 Å². The second-order valence-electron chi connectivity index (χ2n) is 2.66. The lowest BCUT2D eigenvalue weighted by molar-refractivity contribution is -0.488. The maximum atomic E-state index is 9.28. The molecule has 0 aromatic rings. The summed E-state index contributed by atoms with van der Waals surface area (Å²) < 4.78 is 14.2. The quantitative estimate of drug-likeness (QED) is 0.393. The molecule has 0 spiro atoms. The summed E-state index contributed by atoms with van der Waals surface area (Å²) in [7, 11) is -0.925. The number of fused-ring (bicyclic) bond motifs is 2.